The van der Waals surface area contributed by atoms with Gasteiger partial charge >= 0.3 is 0 Å². The second-order valence-electron chi connectivity index (χ2n) is 2.20. The SMILES string of the molecule is C1N=NN=N1.NC(=O)c1ccncc1. The molecule has 0 fully saturated rings. The van der Waals surface area contributed by atoms with Gasteiger partial charge in [0.25, 0.3) is 0 Å². The maximum atomic E-state index is 10.4. The molecule has 2 heterocycles. The fourth-order valence-corrected chi connectivity index (χ4v) is 0.658. The van der Waals surface area contributed by atoms with E-state index in [4.69, 9.17) is 5.73 Å². The van der Waals surface area contributed by atoms with Crippen molar-refractivity contribution in [1.29, 1.82) is 0 Å². The quantitative estimate of drug-likeness (QED) is 0.715. The number of nitrogens with zero attached hydrogens (tertiary/aromatic N) is 5. The second kappa shape index (κ2) is 5.46. The molecule has 0 unspecified atom stereocenters. The van der Waals surface area contributed by atoms with Crippen LogP contribution in [0.15, 0.2) is 45.2 Å². The molecule has 0 saturated heterocycles. The third-order valence-corrected chi connectivity index (χ3v) is 1.26. The van der Waals surface area contributed by atoms with Crippen LogP contribution in [0.25, 0.3) is 0 Å². The number of carbonyl (C=O) groups excluding carboxylic acids is 1. The van der Waals surface area contributed by atoms with Crippen molar-refractivity contribution in [1.82, 2.24) is 4.98 Å². The van der Waals surface area contributed by atoms with Crippen LogP contribution in [0.2, 0.25) is 0 Å². The first-order valence-corrected chi connectivity index (χ1v) is 3.74. The van der Waals surface area contributed by atoms with Gasteiger partial charge in [0.2, 0.25) is 5.91 Å². The average Bonchev–Trinajstić information content (AvgIpc) is 2.77. The van der Waals surface area contributed by atoms with Crippen molar-refractivity contribution in [2.75, 3.05) is 6.67 Å². The Morgan fingerprint density at radius 2 is 1.79 bits per heavy atom. The summed E-state index contributed by atoms with van der Waals surface area (Å²) in [5.74, 6) is -0.419. The summed E-state index contributed by atoms with van der Waals surface area (Å²) in [6.07, 6.45) is 3.06. The lowest BCUT2D eigenvalue weighted by Crippen LogP contribution is -2.10. The van der Waals surface area contributed by atoms with Gasteiger partial charge < -0.3 is 5.73 Å². The van der Waals surface area contributed by atoms with Crippen LogP contribution >= 0.6 is 0 Å². The first kappa shape index (κ1) is 9.90. The van der Waals surface area contributed by atoms with Gasteiger partial charge in [-0.25, -0.2) is 0 Å². The Morgan fingerprint density at radius 3 is 2.07 bits per heavy atom. The Kier molecular flexibility index (Phi) is 3.86. The number of pyridine rings is 1. The molecule has 0 saturated carbocycles. The van der Waals surface area contributed by atoms with Crippen LogP contribution in [-0.4, -0.2) is 17.6 Å². The highest BCUT2D eigenvalue weighted by molar-refractivity contribution is 5.92. The molecule has 14 heavy (non-hydrogen) atoms. The molecule has 1 amide bonds. The summed E-state index contributed by atoms with van der Waals surface area (Å²) in [7, 11) is 0. The van der Waals surface area contributed by atoms with Crippen molar-refractivity contribution in [3.8, 4) is 0 Å². The number of nitrogens with two attached hydrogens (primary N) is 1. The molecular formula is C7H8N6O. The Balaban J connectivity index is 0.000000165. The number of hydrogen-bond donors (Lipinski definition) is 1. The van der Waals surface area contributed by atoms with E-state index in [2.05, 4.69) is 25.7 Å². The monoisotopic (exact) mass is 192 g/mol. The molecule has 0 radical (unpaired) electrons. The van der Waals surface area contributed by atoms with Crippen LogP contribution in [0.3, 0.4) is 0 Å². The fourth-order valence-electron chi connectivity index (χ4n) is 0.658. The predicted octanol–water partition coefficient (Wildman–Crippen LogP) is 0.957. The first-order chi connectivity index (χ1) is 6.80. The summed E-state index contributed by atoms with van der Waals surface area (Å²) >= 11 is 0. The van der Waals surface area contributed by atoms with Gasteiger partial charge in [-0.2, -0.15) is 0 Å². The maximum absolute atomic E-state index is 10.4. The lowest BCUT2D eigenvalue weighted by molar-refractivity contribution is 0.1000. The van der Waals surface area contributed by atoms with E-state index in [1.165, 1.54) is 12.4 Å². The Hall–Kier alpha value is -2.18. The largest absolute Gasteiger partial charge is 0.366 e. The number of primary amides is 1. The lowest BCUT2D eigenvalue weighted by atomic mass is 10.3. The van der Waals surface area contributed by atoms with Gasteiger partial charge in [-0.15, -0.1) is 10.2 Å². The van der Waals surface area contributed by atoms with Crippen LogP contribution in [0.5, 0.6) is 0 Å². The minimum atomic E-state index is -0.419. The van der Waals surface area contributed by atoms with Gasteiger partial charge in [-0.1, -0.05) is 0 Å². The molecule has 0 bridgehead atoms. The smallest absolute Gasteiger partial charge is 0.248 e. The minimum absolute atomic E-state index is 0.417. The maximum Gasteiger partial charge on any atom is 0.248 e. The molecule has 1 aliphatic rings. The van der Waals surface area contributed by atoms with Gasteiger partial charge in [0.05, 0.1) is 0 Å². The zero-order chi connectivity index (χ0) is 10.2. The minimum Gasteiger partial charge on any atom is -0.366 e. The number of amides is 1. The molecule has 0 aromatic carbocycles. The Morgan fingerprint density at radius 1 is 1.21 bits per heavy atom. The highest BCUT2D eigenvalue weighted by atomic mass is 16.1. The molecular weight excluding hydrogens is 184 g/mol. The molecule has 1 aromatic heterocycles. The van der Waals surface area contributed by atoms with Crippen molar-refractivity contribution in [2.45, 2.75) is 0 Å². The third kappa shape index (κ3) is 3.48. The summed E-state index contributed by atoms with van der Waals surface area (Å²) in [6, 6.07) is 3.14. The van der Waals surface area contributed by atoms with Crippen LogP contribution in [0.1, 0.15) is 10.4 Å². The van der Waals surface area contributed by atoms with Crippen molar-refractivity contribution in [3.63, 3.8) is 0 Å². The van der Waals surface area contributed by atoms with Crippen LogP contribution < -0.4 is 5.73 Å². The van der Waals surface area contributed by atoms with Crippen molar-refractivity contribution < 1.29 is 4.79 Å². The van der Waals surface area contributed by atoms with E-state index in [-0.39, 0.29) is 0 Å². The van der Waals surface area contributed by atoms with Gasteiger partial charge in [0.15, 0.2) is 6.67 Å². The topological polar surface area (TPSA) is 105 Å². The van der Waals surface area contributed by atoms with E-state index in [1.54, 1.807) is 12.1 Å². The van der Waals surface area contributed by atoms with Gasteiger partial charge in [0.1, 0.15) is 0 Å². The van der Waals surface area contributed by atoms with Gasteiger partial charge in [-0.3, -0.25) is 9.78 Å². The molecule has 7 nitrogen and oxygen atoms in total. The average molecular weight is 192 g/mol. The van der Waals surface area contributed by atoms with E-state index in [0.29, 0.717) is 12.2 Å². The molecule has 1 aromatic rings. The summed E-state index contributed by atoms with van der Waals surface area (Å²) < 4.78 is 0. The molecule has 1 aliphatic heterocycles. The first-order valence-electron chi connectivity index (χ1n) is 3.74. The zero-order valence-corrected chi connectivity index (χ0v) is 7.24. The Labute approximate surface area is 79.7 Å². The van der Waals surface area contributed by atoms with E-state index in [0.717, 1.165) is 0 Å². The van der Waals surface area contributed by atoms with E-state index < -0.39 is 5.91 Å². The third-order valence-electron chi connectivity index (χ3n) is 1.26. The summed E-state index contributed by atoms with van der Waals surface area (Å²) in [5, 5.41) is 13.1. The van der Waals surface area contributed by atoms with E-state index >= 15 is 0 Å². The molecule has 0 atom stereocenters. The number of aromatic nitrogens is 1. The highest BCUT2D eigenvalue weighted by Gasteiger charge is 1.94. The molecule has 0 spiro atoms. The van der Waals surface area contributed by atoms with Crippen LogP contribution in [0, 0.1) is 0 Å². The number of carbonyl (C=O) groups is 1. The molecule has 0 aliphatic carbocycles. The van der Waals surface area contributed by atoms with Gasteiger partial charge in [0, 0.05) is 18.0 Å². The molecule has 2 N–H and O–H groups in total. The van der Waals surface area contributed by atoms with Crippen molar-refractivity contribution >= 4 is 5.91 Å². The summed E-state index contributed by atoms with van der Waals surface area (Å²) in [6.45, 7) is 0.417. The van der Waals surface area contributed by atoms with Crippen LogP contribution in [0.4, 0.5) is 0 Å². The number of rotatable bonds is 1. The zero-order valence-electron chi connectivity index (χ0n) is 7.24. The summed E-state index contributed by atoms with van der Waals surface area (Å²) in [5.41, 5.74) is 5.44. The highest BCUT2D eigenvalue weighted by Crippen LogP contribution is 1.91. The lowest BCUT2D eigenvalue weighted by Gasteiger charge is -1.88. The fraction of sp³-hybridized carbons (Fsp3) is 0.143. The normalized spacial score (nSPS) is 12.0. The van der Waals surface area contributed by atoms with E-state index in [1.807, 2.05) is 0 Å². The molecule has 2 rings (SSSR count). The molecule has 72 valence electrons. The summed E-state index contributed by atoms with van der Waals surface area (Å²) in [4.78, 5) is 14.1. The van der Waals surface area contributed by atoms with Crippen molar-refractivity contribution in [3.05, 3.63) is 30.1 Å². The van der Waals surface area contributed by atoms with Gasteiger partial charge in [-0.05, 0) is 22.6 Å². The van der Waals surface area contributed by atoms with Crippen LogP contribution in [-0.2, 0) is 0 Å². The second-order valence-corrected chi connectivity index (χ2v) is 2.20. The van der Waals surface area contributed by atoms with E-state index in [9.17, 15) is 4.79 Å². The standard InChI is InChI=1S/C6H6N2O.CH2N4/c7-6(9)5-1-3-8-4-2-5;1-2-4-5-3-1/h1-4H,(H2,7,9);1H2. The number of hydrogen-bond acceptors (Lipinski definition) is 6. The molecule has 7 heteroatoms. The van der Waals surface area contributed by atoms with Crippen molar-refractivity contribution in [2.24, 2.45) is 26.4 Å². The predicted molar refractivity (Wildman–Crippen MR) is 47.3 cm³/mol. The Bertz CT molecular complexity index is 336.